The Morgan fingerprint density at radius 2 is 1.78 bits per heavy atom. The molecule has 0 radical (unpaired) electrons. The fraction of sp³-hybridized carbons (Fsp3) is 1.00. The fourth-order valence-electron chi connectivity index (χ4n) is 3.06. The molecule has 0 aromatic rings. The van der Waals surface area contributed by atoms with E-state index in [0.717, 1.165) is 24.5 Å². The van der Waals surface area contributed by atoms with Crippen LogP contribution in [0.1, 0.15) is 40.0 Å². The standard InChI is InChI=1S/C15H31N3/c1-4-13(3)18-10-8-17(9-11-18)12-15(16-5-2)14-6-7-14/h13-16H,4-12H2,1-3H3. The highest BCUT2D eigenvalue weighted by Gasteiger charge is 2.32. The molecule has 0 aromatic carbocycles. The molecule has 3 nitrogen and oxygen atoms in total. The van der Waals surface area contributed by atoms with Gasteiger partial charge in [-0.1, -0.05) is 13.8 Å². The Hall–Kier alpha value is -0.120. The lowest BCUT2D eigenvalue weighted by atomic mass is 10.1. The lowest BCUT2D eigenvalue weighted by molar-refractivity contribution is 0.0921. The zero-order valence-electron chi connectivity index (χ0n) is 12.5. The quantitative estimate of drug-likeness (QED) is 0.746. The maximum atomic E-state index is 3.68. The number of piperazine rings is 1. The van der Waals surface area contributed by atoms with Gasteiger partial charge >= 0.3 is 0 Å². The minimum absolute atomic E-state index is 0.755. The molecule has 106 valence electrons. The Kier molecular flexibility index (Phi) is 5.46. The molecule has 2 atom stereocenters. The first-order valence-corrected chi connectivity index (χ1v) is 7.94. The lowest BCUT2D eigenvalue weighted by Gasteiger charge is -2.39. The average Bonchev–Trinajstić information content (AvgIpc) is 3.22. The molecule has 1 saturated heterocycles. The number of nitrogens with zero attached hydrogens (tertiary/aromatic N) is 2. The molecular formula is C15H31N3. The van der Waals surface area contributed by atoms with E-state index in [1.54, 1.807) is 0 Å². The Labute approximate surface area is 113 Å². The van der Waals surface area contributed by atoms with Crippen molar-refractivity contribution >= 4 is 0 Å². The Bertz CT molecular complexity index is 232. The molecule has 1 saturated carbocycles. The van der Waals surface area contributed by atoms with E-state index in [9.17, 15) is 0 Å². The van der Waals surface area contributed by atoms with Crippen LogP contribution in [0.15, 0.2) is 0 Å². The van der Waals surface area contributed by atoms with Crippen LogP contribution in [0.2, 0.25) is 0 Å². The molecule has 18 heavy (non-hydrogen) atoms. The summed E-state index contributed by atoms with van der Waals surface area (Å²) in [5.41, 5.74) is 0. The van der Waals surface area contributed by atoms with E-state index in [-0.39, 0.29) is 0 Å². The van der Waals surface area contributed by atoms with Gasteiger partial charge in [0.1, 0.15) is 0 Å². The maximum Gasteiger partial charge on any atom is 0.0223 e. The van der Waals surface area contributed by atoms with Gasteiger partial charge in [-0.3, -0.25) is 9.80 Å². The molecule has 1 aliphatic heterocycles. The Morgan fingerprint density at radius 3 is 2.28 bits per heavy atom. The van der Waals surface area contributed by atoms with Gasteiger partial charge in [0, 0.05) is 44.8 Å². The highest BCUT2D eigenvalue weighted by molar-refractivity contribution is 4.89. The third kappa shape index (κ3) is 3.94. The zero-order chi connectivity index (χ0) is 13.0. The molecule has 1 heterocycles. The monoisotopic (exact) mass is 253 g/mol. The molecule has 1 aliphatic carbocycles. The minimum atomic E-state index is 0.755. The van der Waals surface area contributed by atoms with Crippen molar-refractivity contribution in [2.75, 3.05) is 39.3 Å². The van der Waals surface area contributed by atoms with E-state index >= 15 is 0 Å². The lowest BCUT2D eigenvalue weighted by Crippen LogP contribution is -2.53. The second kappa shape index (κ2) is 6.88. The predicted molar refractivity (Wildman–Crippen MR) is 78.0 cm³/mol. The summed E-state index contributed by atoms with van der Waals surface area (Å²) in [4.78, 5) is 5.32. The molecule has 2 unspecified atom stereocenters. The zero-order valence-corrected chi connectivity index (χ0v) is 12.5. The van der Waals surface area contributed by atoms with Crippen LogP contribution < -0.4 is 5.32 Å². The summed E-state index contributed by atoms with van der Waals surface area (Å²) in [5.74, 6) is 0.970. The van der Waals surface area contributed by atoms with Gasteiger partial charge in [-0.05, 0) is 38.6 Å². The number of hydrogen-bond donors (Lipinski definition) is 1. The van der Waals surface area contributed by atoms with Crippen LogP contribution in [-0.4, -0.2) is 61.2 Å². The number of hydrogen-bond acceptors (Lipinski definition) is 3. The molecule has 0 amide bonds. The molecule has 1 N–H and O–H groups in total. The molecule has 2 aliphatic rings. The fourth-order valence-corrected chi connectivity index (χ4v) is 3.06. The molecule has 2 rings (SSSR count). The van der Waals surface area contributed by atoms with Crippen molar-refractivity contribution < 1.29 is 0 Å². The average molecular weight is 253 g/mol. The maximum absolute atomic E-state index is 3.68. The largest absolute Gasteiger partial charge is 0.313 e. The number of likely N-dealkylation sites (N-methyl/N-ethyl adjacent to an activating group) is 1. The van der Waals surface area contributed by atoms with Gasteiger partial charge in [-0.15, -0.1) is 0 Å². The van der Waals surface area contributed by atoms with E-state index in [2.05, 4.69) is 35.9 Å². The van der Waals surface area contributed by atoms with Gasteiger partial charge in [-0.25, -0.2) is 0 Å². The molecule has 3 heteroatoms. The minimum Gasteiger partial charge on any atom is -0.313 e. The van der Waals surface area contributed by atoms with Crippen LogP contribution in [0.3, 0.4) is 0 Å². The van der Waals surface area contributed by atoms with Crippen molar-refractivity contribution in [2.24, 2.45) is 5.92 Å². The van der Waals surface area contributed by atoms with Gasteiger partial charge in [0.15, 0.2) is 0 Å². The summed E-state index contributed by atoms with van der Waals surface area (Å²) in [7, 11) is 0. The molecule has 0 spiro atoms. The third-order valence-corrected chi connectivity index (χ3v) is 4.73. The van der Waals surface area contributed by atoms with Crippen molar-refractivity contribution in [3.05, 3.63) is 0 Å². The van der Waals surface area contributed by atoms with Crippen LogP contribution in [0, 0.1) is 5.92 Å². The molecular weight excluding hydrogens is 222 g/mol. The van der Waals surface area contributed by atoms with Gasteiger partial charge in [-0.2, -0.15) is 0 Å². The van der Waals surface area contributed by atoms with E-state index < -0.39 is 0 Å². The van der Waals surface area contributed by atoms with Crippen LogP contribution >= 0.6 is 0 Å². The van der Waals surface area contributed by atoms with Gasteiger partial charge in [0.05, 0.1) is 0 Å². The normalized spacial score (nSPS) is 26.2. The van der Waals surface area contributed by atoms with E-state index in [0.29, 0.717) is 0 Å². The van der Waals surface area contributed by atoms with Crippen molar-refractivity contribution in [1.82, 2.24) is 15.1 Å². The van der Waals surface area contributed by atoms with Crippen LogP contribution in [0.4, 0.5) is 0 Å². The first-order valence-electron chi connectivity index (χ1n) is 7.94. The molecule has 0 bridgehead atoms. The second-order valence-electron chi connectivity index (χ2n) is 6.10. The van der Waals surface area contributed by atoms with Crippen LogP contribution in [-0.2, 0) is 0 Å². The first-order chi connectivity index (χ1) is 8.74. The Balaban J connectivity index is 1.71. The molecule has 0 aromatic heterocycles. The van der Waals surface area contributed by atoms with Crippen molar-refractivity contribution in [1.29, 1.82) is 0 Å². The van der Waals surface area contributed by atoms with E-state index in [1.165, 1.54) is 52.0 Å². The van der Waals surface area contributed by atoms with Crippen LogP contribution in [0.5, 0.6) is 0 Å². The number of nitrogens with one attached hydrogen (secondary N) is 1. The molecule has 2 fully saturated rings. The second-order valence-corrected chi connectivity index (χ2v) is 6.10. The van der Waals surface area contributed by atoms with Crippen molar-refractivity contribution in [2.45, 2.75) is 52.1 Å². The third-order valence-electron chi connectivity index (χ3n) is 4.73. The van der Waals surface area contributed by atoms with Crippen molar-refractivity contribution in [3.63, 3.8) is 0 Å². The van der Waals surface area contributed by atoms with E-state index in [1.807, 2.05) is 0 Å². The summed E-state index contributed by atoms with van der Waals surface area (Å²) in [5, 5.41) is 3.68. The summed E-state index contributed by atoms with van der Waals surface area (Å²) in [6.45, 7) is 14.3. The Morgan fingerprint density at radius 1 is 1.11 bits per heavy atom. The van der Waals surface area contributed by atoms with Crippen molar-refractivity contribution in [3.8, 4) is 0 Å². The highest BCUT2D eigenvalue weighted by atomic mass is 15.3. The van der Waals surface area contributed by atoms with Gasteiger partial charge < -0.3 is 5.32 Å². The smallest absolute Gasteiger partial charge is 0.0223 e. The van der Waals surface area contributed by atoms with Gasteiger partial charge in [0.25, 0.3) is 0 Å². The predicted octanol–water partition coefficient (Wildman–Crippen LogP) is 1.79. The summed E-state index contributed by atoms with van der Waals surface area (Å²) < 4.78 is 0. The first kappa shape index (κ1) is 14.3. The highest BCUT2D eigenvalue weighted by Crippen LogP contribution is 2.33. The van der Waals surface area contributed by atoms with Crippen LogP contribution in [0.25, 0.3) is 0 Å². The number of rotatable bonds is 7. The summed E-state index contributed by atoms with van der Waals surface area (Å²) in [6.07, 6.45) is 4.18. The topological polar surface area (TPSA) is 18.5 Å². The summed E-state index contributed by atoms with van der Waals surface area (Å²) >= 11 is 0. The van der Waals surface area contributed by atoms with E-state index in [4.69, 9.17) is 0 Å². The van der Waals surface area contributed by atoms with Gasteiger partial charge in [0.2, 0.25) is 0 Å². The SMILES string of the molecule is CCNC(CN1CCN(C(C)CC)CC1)C1CC1. The summed E-state index contributed by atoms with van der Waals surface area (Å²) in [6, 6.07) is 1.52.